The average Bonchev–Trinajstić information content (AvgIpc) is 3.38. The maximum absolute atomic E-state index is 12.6. The lowest BCUT2D eigenvalue weighted by Crippen LogP contribution is -2.47. The molecular formula is C50H83FN8O17. The van der Waals surface area contributed by atoms with Crippen molar-refractivity contribution >= 4 is 65.9 Å². The van der Waals surface area contributed by atoms with Crippen LogP contribution >= 0.6 is 0 Å². The smallest absolute Gasteiger partial charge is 0.326 e. The molecule has 2 aromatic rings. The summed E-state index contributed by atoms with van der Waals surface area (Å²) in [6, 6.07) is 5.83. The Bertz CT molecular complexity index is 1960. The number of aromatic hydroxyl groups is 1. The first kappa shape index (κ1) is 77.0. The first-order chi connectivity index (χ1) is 35.9. The Morgan fingerprint density at radius 2 is 1.13 bits per heavy atom. The first-order valence-electron chi connectivity index (χ1n) is 24.7. The molecule has 76 heavy (non-hydrogen) atoms. The molecule has 0 aliphatic rings. The summed E-state index contributed by atoms with van der Waals surface area (Å²) in [5, 5.41) is 66.5. The highest BCUT2D eigenvalue weighted by Crippen LogP contribution is 2.15. The van der Waals surface area contributed by atoms with Gasteiger partial charge >= 0.3 is 35.9 Å². The molecule has 13 N–H and O–H groups in total. The van der Waals surface area contributed by atoms with Crippen LogP contribution in [-0.4, -0.2) is 147 Å². The zero-order chi connectivity index (χ0) is 59.3. The molecule has 1 heterocycles. The van der Waals surface area contributed by atoms with E-state index < -0.39 is 91.8 Å². The molecule has 0 saturated heterocycles. The van der Waals surface area contributed by atoms with Crippen molar-refractivity contribution in [3.05, 3.63) is 59.2 Å². The molecule has 2 rings (SSSR count). The van der Waals surface area contributed by atoms with E-state index in [2.05, 4.69) is 45.4 Å². The zero-order valence-electron chi connectivity index (χ0n) is 45.1. The van der Waals surface area contributed by atoms with Gasteiger partial charge < -0.3 is 67.9 Å². The summed E-state index contributed by atoms with van der Waals surface area (Å²) in [7, 11) is 0. The Labute approximate surface area is 444 Å². The molecule has 25 nitrogen and oxygen atoms in total. The van der Waals surface area contributed by atoms with Crippen molar-refractivity contribution in [2.45, 2.75) is 145 Å². The number of unbranched alkanes of at least 4 members (excludes halogenated alkanes) is 6. The van der Waals surface area contributed by atoms with Gasteiger partial charge in [0.05, 0.1) is 18.7 Å². The third-order valence-corrected chi connectivity index (χ3v) is 8.75. The van der Waals surface area contributed by atoms with Crippen molar-refractivity contribution in [2.24, 2.45) is 0 Å². The fourth-order valence-corrected chi connectivity index (χ4v) is 4.70. The number of phenols is 1. The lowest BCUT2D eigenvalue weighted by Gasteiger charge is -2.14. The van der Waals surface area contributed by atoms with Gasteiger partial charge in [-0.3, -0.25) is 43.2 Å². The number of carboxylic acid groups (broad SMARTS) is 5. The number of phenolic OH excluding ortho intramolecular Hbond substituents is 1. The van der Waals surface area contributed by atoms with Gasteiger partial charge in [0.25, 0.3) is 5.91 Å². The minimum atomic E-state index is -1.21. The average molecular weight is 1090 g/mol. The first-order valence-corrected chi connectivity index (χ1v) is 24.7. The number of aromatic nitrogens is 1. The fraction of sp³-hybridized carbons (Fsp3) is 0.560. The van der Waals surface area contributed by atoms with Crippen LogP contribution in [0.1, 0.15) is 146 Å². The van der Waals surface area contributed by atoms with E-state index in [0.29, 0.717) is 31.6 Å². The van der Waals surface area contributed by atoms with Crippen LogP contribution in [0.4, 0.5) is 9.18 Å². The second-order valence-electron chi connectivity index (χ2n) is 15.3. The largest absolute Gasteiger partial charge is 0.508 e. The second kappa shape index (κ2) is 53.4. The molecule has 0 spiro atoms. The number of carboxylic acids is 5. The Balaban J connectivity index is -0.000000297. The number of carbonyl (C=O) groups excluding carboxylic acids is 6. The highest BCUT2D eigenvalue weighted by atomic mass is 19.1. The molecule has 0 aliphatic heterocycles. The standard InChI is InChI=1S/C17H31N3O6.C12H13FN4O5.C8H10O.C5H11NO.2C3H6O2.C2H6/c1-2-3-4-5-6-10-14(21)18-11-8-7-9-13(16(24)25)20-17(26)19-12-15(22)23;13-8-2-1-7(3-14-8)12(22)17-5-10(19)15-4-9(18)16-6-11(20)21;1-6-3-4-8(9)7(2)5-6;1-2-3-4-6-5-7;2*1-2-3(4)5;1-2/h13H,2-12H2,1H3,(H,18,21)(H,22,23)(H,24,25)(H2,19,20,26);1-3H,4-6H2,(H,15,19)(H,16,18)(H,17,22)(H,20,21);3-5,9H,1-2H3;5H,2-4H2,1H3,(H,6,7);2*2H2,1H3,(H,4,5);1-2H3. The van der Waals surface area contributed by atoms with E-state index in [0.717, 1.165) is 62.9 Å². The normalized spacial score (nSPS) is 9.64. The molecule has 1 aromatic heterocycles. The fourth-order valence-electron chi connectivity index (χ4n) is 4.70. The topological polar surface area (TPSA) is 406 Å². The van der Waals surface area contributed by atoms with Crippen LogP contribution in [0.3, 0.4) is 0 Å². The molecule has 1 atom stereocenters. The molecule has 0 aliphatic carbocycles. The molecule has 1 aromatic carbocycles. The third kappa shape index (κ3) is 57.0. The van der Waals surface area contributed by atoms with E-state index in [9.17, 15) is 57.1 Å². The predicted octanol–water partition coefficient (Wildman–Crippen LogP) is 4.27. The van der Waals surface area contributed by atoms with Gasteiger partial charge in [0.15, 0.2) is 0 Å². The molecule has 1 unspecified atom stereocenters. The summed E-state index contributed by atoms with van der Waals surface area (Å²) in [6.07, 6.45) is 11.7. The van der Waals surface area contributed by atoms with Gasteiger partial charge in [-0.25, -0.2) is 14.6 Å². The molecule has 0 saturated carbocycles. The number of hydrogen-bond acceptors (Lipinski definition) is 13. The lowest BCUT2D eigenvalue weighted by atomic mass is 10.1. The zero-order valence-corrected chi connectivity index (χ0v) is 45.1. The number of nitrogens with zero attached hydrogens (tertiary/aromatic N) is 1. The molecule has 432 valence electrons. The van der Waals surface area contributed by atoms with Crippen molar-refractivity contribution in [2.75, 3.05) is 39.3 Å². The quantitative estimate of drug-likeness (QED) is 0.0321. The van der Waals surface area contributed by atoms with E-state index in [1.165, 1.54) is 24.5 Å². The van der Waals surface area contributed by atoms with Crippen LogP contribution in [0.5, 0.6) is 5.75 Å². The Kier molecular flexibility index (Phi) is 54.1. The number of benzene rings is 1. The van der Waals surface area contributed by atoms with Crippen molar-refractivity contribution in [1.29, 1.82) is 0 Å². The monoisotopic (exact) mass is 1090 g/mol. The Morgan fingerprint density at radius 3 is 1.59 bits per heavy atom. The minimum absolute atomic E-state index is 0.00227. The Hall–Kier alpha value is -7.93. The van der Waals surface area contributed by atoms with Gasteiger partial charge in [0, 0.05) is 38.5 Å². The van der Waals surface area contributed by atoms with Crippen molar-refractivity contribution < 1.29 is 87.8 Å². The molecule has 7 amide bonds. The van der Waals surface area contributed by atoms with Gasteiger partial charge in [-0.2, -0.15) is 4.39 Å². The number of amides is 7. The maximum Gasteiger partial charge on any atom is 0.326 e. The van der Waals surface area contributed by atoms with E-state index in [4.69, 9.17) is 30.6 Å². The number of rotatable bonds is 28. The van der Waals surface area contributed by atoms with E-state index in [1.54, 1.807) is 19.9 Å². The number of urea groups is 1. The maximum atomic E-state index is 12.6. The number of aryl methyl sites for hydroxylation is 2. The summed E-state index contributed by atoms with van der Waals surface area (Å²) in [4.78, 5) is 120. The van der Waals surface area contributed by atoms with Crippen molar-refractivity contribution in [3.8, 4) is 5.75 Å². The van der Waals surface area contributed by atoms with Gasteiger partial charge in [-0.15, -0.1) is 0 Å². The molecule has 26 heteroatoms. The predicted molar refractivity (Wildman–Crippen MR) is 280 cm³/mol. The van der Waals surface area contributed by atoms with Crippen LogP contribution in [0.2, 0.25) is 0 Å². The minimum Gasteiger partial charge on any atom is -0.508 e. The molecular weight excluding hydrogens is 1000 g/mol. The number of hydrogen-bond donors (Lipinski definition) is 13. The van der Waals surface area contributed by atoms with Crippen LogP contribution in [0, 0.1) is 19.8 Å². The van der Waals surface area contributed by atoms with Gasteiger partial charge in [-0.05, 0) is 69.7 Å². The van der Waals surface area contributed by atoms with Gasteiger partial charge in [0.1, 0.15) is 24.9 Å². The van der Waals surface area contributed by atoms with Gasteiger partial charge in [-0.1, -0.05) is 91.3 Å². The second-order valence-corrected chi connectivity index (χ2v) is 15.3. The summed E-state index contributed by atoms with van der Waals surface area (Å²) in [5.41, 5.74) is 2.20. The SMILES string of the molecule is CC.CCC(=O)O.CCC(=O)O.CCCCCCCC(=O)NCCCCC(NC(=O)NCC(=O)O)C(=O)O.CCCCNC=O.Cc1ccc(O)c(C)c1.O=C(O)CNC(=O)CNC(=O)CNC(=O)c1ccc(F)nc1. The number of aliphatic carboxylic acids is 5. The van der Waals surface area contributed by atoms with Crippen LogP contribution in [-0.2, 0) is 43.2 Å². The number of pyridine rings is 1. The van der Waals surface area contributed by atoms with E-state index in [1.807, 2.05) is 50.5 Å². The van der Waals surface area contributed by atoms with Crippen molar-refractivity contribution in [3.63, 3.8) is 0 Å². The van der Waals surface area contributed by atoms with E-state index in [-0.39, 0.29) is 30.7 Å². The number of nitrogens with one attached hydrogen (secondary N) is 7. The lowest BCUT2D eigenvalue weighted by molar-refractivity contribution is -0.139. The third-order valence-electron chi connectivity index (χ3n) is 8.75. The number of halogens is 1. The molecule has 0 bridgehead atoms. The summed E-state index contributed by atoms with van der Waals surface area (Å²) >= 11 is 0. The highest BCUT2D eigenvalue weighted by molar-refractivity contribution is 5.96. The summed E-state index contributed by atoms with van der Waals surface area (Å²) < 4.78 is 12.6. The van der Waals surface area contributed by atoms with Gasteiger partial charge in [0.2, 0.25) is 30.1 Å². The highest BCUT2D eigenvalue weighted by Gasteiger charge is 2.19. The number of carbonyl (C=O) groups is 11. The van der Waals surface area contributed by atoms with Crippen molar-refractivity contribution in [1.82, 2.24) is 42.2 Å². The molecule has 0 radical (unpaired) electrons. The summed E-state index contributed by atoms with van der Waals surface area (Å²) in [6.45, 7) is 14.7. The van der Waals surface area contributed by atoms with E-state index >= 15 is 0 Å². The van der Waals surface area contributed by atoms with Crippen LogP contribution in [0.25, 0.3) is 0 Å². The Morgan fingerprint density at radius 1 is 0.605 bits per heavy atom. The van der Waals surface area contributed by atoms with Crippen LogP contribution < -0.4 is 37.2 Å². The summed E-state index contributed by atoms with van der Waals surface area (Å²) in [5.74, 6) is -7.41. The van der Waals surface area contributed by atoms with Crippen LogP contribution in [0.15, 0.2) is 36.5 Å². The molecule has 0 fully saturated rings.